The zero-order chi connectivity index (χ0) is 11.8. The van der Waals surface area contributed by atoms with Crippen LogP contribution in [-0.4, -0.2) is 26.1 Å². The molecule has 16 heavy (non-hydrogen) atoms. The Balaban J connectivity index is 2.16. The molecule has 1 rings (SSSR count). The van der Waals surface area contributed by atoms with Crippen molar-refractivity contribution in [3.05, 3.63) is 30.3 Å². The second kappa shape index (κ2) is 7.07. The van der Waals surface area contributed by atoms with E-state index in [4.69, 9.17) is 9.39 Å². The Morgan fingerprint density at radius 3 is 2.56 bits per heavy atom. The average Bonchev–Trinajstić information content (AvgIpc) is 2.29. The van der Waals surface area contributed by atoms with Gasteiger partial charge >= 0.3 is 12.9 Å². The molecular weight excluding hydrogens is 203 g/mol. The number of hydrogen-bond donors (Lipinski definition) is 0. The van der Waals surface area contributed by atoms with E-state index in [9.17, 15) is 4.79 Å². The first kappa shape index (κ1) is 12.8. The number of carbonyl (C=O) groups excluding carboxylic acids is 1. The predicted molar refractivity (Wildman–Crippen MR) is 64.9 cm³/mol. The molecule has 0 aliphatic rings. The van der Waals surface area contributed by atoms with Crippen LogP contribution in [0.5, 0.6) is 0 Å². The lowest BCUT2D eigenvalue weighted by Crippen LogP contribution is -2.30. The number of esters is 1. The van der Waals surface area contributed by atoms with Gasteiger partial charge in [0.15, 0.2) is 0 Å². The standard InChI is InChI=1S/C12H17BO3/c1-11(14)15-9-6-10-16-13(2)12-7-4-3-5-8-12/h3-5,7-8H,6,9-10H2,1-2H3. The molecule has 0 heterocycles. The molecule has 0 atom stereocenters. The third-order valence-electron chi connectivity index (χ3n) is 2.23. The highest BCUT2D eigenvalue weighted by molar-refractivity contribution is 6.66. The second-order valence-electron chi connectivity index (χ2n) is 3.62. The SMILES string of the molecule is CB(OCCCOC(C)=O)c1ccccc1. The normalized spacial score (nSPS) is 9.88. The van der Waals surface area contributed by atoms with Crippen LogP contribution in [0.2, 0.25) is 6.82 Å². The Morgan fingerprint density at radius 2 is 1.94 bits per heavy atom. The van der Waals surface area contributed by atoms with E-state index < -0.39 is 0 Å². The molecule has 0 aromatic heterocycles. The van der Waals surface area contributed by atoms with E-state index >= 15 is 0 Å². The Labute approximate surface area is 96.9 Å². The summed E-state index contributed by atoms with van der Waals surface area (Å²) in [4.78, 5) is 10.5. The number of ether oxygens (including phenoxy) is 1. The zero-order valence-electron chi connectivity index (χ0n) is 9.81. The highest BCUT2D eigenvalue weighted by Gasteiger charge is 2.10. The van der Waals surface area contributed by atoms with Crippen LogP contribution in [-0.2, 0) is 14.2 Å². The van der Waals surface area contributed by atoms with Crippen LogP contribution in [0.4, 0.5) is 0 Å². The molecule has 1 aromatic carbocycles. The van der Waals surface area contributed by atoms with E-state index in [1.165, 1.54) is 6.92 Å². The van der Waals surface area contributed by atoms with Gasteiger partial charge in [-0.3, -0.25) is 4.79 Å². The van der Waals surface area contributed by atoms with E-state index in [2.05, 4.69) is 0 Å². The lowest BCUT2D eigenvalue weighted by molar-refractivity contribution is -0.141. The molecule has 0 spiro atoms. The minimum absolute atomic E-state index is 0.0820. The molecule has 0 unspecified atom stereocenters. The van der Waals surface area contributed by atoms with Gasteiger partial charge in [-0.05, 0) is 5.46 Å². The molecule has 0 radical (unpaired) electrons. The van der Waals surface area contributed by atoms with Gasteiger partial charge in [-0.15, -0.1) is 0 Å². The quantitative estimate of drug-likeness (QED) is 0.414. The molecule has 0 saturated heterocycles. The van der Waals surface area contributed by atoms with Crippen molar-refractivity contribution in [1.82, 2.24) is 0 Å². The number of carbonyl (C=O) groups is 1. The van der Waals surface area contributed by atoms with Crippen molar-refractivity contribution in [2.75, 3.05) is 13.2 Å². The summed E-state index contributed by atoms with van der Waals surface area (Å²) in [5.41, 5.74) is 1.16. The summed E-state index contributed by atoms with van der Waals surface area (Å²) >= 11 is 0. The van der Waals surface area contributed by atoms with Crippen molar-refractivity contribution in [1.29, 1.82) is 0 Å². The summed E-state index contributed by atoms with van der Waals surface area (Å²) in [6.07, 6.45) is 0.733. The van der Waals surface area contributed by atoms with Gasteiger partial charge in [0.25, 0.3) is 0 Å². The highest BCUT2D eigenvalue weighted by atomic mass is 16.5. The largest absolute Gasteiger partial charge is 0.466 e. The maximum atomic E-state index is 10.5. The first-order chi connectivity index (χ1) is 7.70. The number of rotatable bonds is 6. The van der Waals surface area contributed by atoms with E-state index in [1.54, 1.807) is 0 Å². The third kappa shape index (κ3) is 4.98. The van der Waals surface area contributed by atoms with E-state index in [0.29, 0.717) is 13.2 Å². The summed E-state index contributed by atoms with van der Waals surface area (Å²) in [7, 11) is 0. The molecule has 0 aliphatic heterocycles. The molecule has 3 nitrogen and oxygen atoms in total. The second-order valence-corrected chi connectivity index (χ2v) is 3.62. The summed E-state index contributed by atoms with van der Waals surface area (Å²) in [6.45, 7) is 4.54. The molecule has 1 aromatic rings. The van der Waals surface area contributed by atoms with Crippen LogP contribution in [0.1, 0.15) is 13.3 Å². The van der Waals surface area contributed by atoms with Gasteiger partial charge in [0.2, 0.25) is 0 Å². The van der Waals surface area contributed by atoms with E-state index in [-0.39, 0.29) is 12.9 Å². The Hall–Kier alpha value is -1.29. The Bertz CT molecular complexity index is 313. The average molecular weight is 220 g/mol. The summed E-state index contributed by atoms with van der Waals surface area (Å²) < 4.78 is 10.4. The van der Waals surface area contributed by atoms with Crippen LogP contribution in [0, 0.1) is 0 Å². The predicted octanol–water partition coefficient (Wildman–Crippen LogP) is 1.48. The molecule has 0 amide bonds. The van der Waals surface area contributed by atoms with Crippen molar-refractivity contribution in [3.63, 3.8) is 0 Å². The van der Waals surface area contributed by atoms with Crippen LogP contribution < -0.4 is 5.46 Å². The van der Waals surface area contributed by atoms with Crippen LogP contribution in [0.25, 0.3) is 0 Å². The fraction of sp³-hybridized carbons (Fsp3) is 0.417. The molecule has 86 valence electrons. The molecule has 0 aliphatic carbocycles. The van der Waals surface area contributed by atoms with Crippen LogP contribution in [0.15, 0.2) is 30.3 Å². The van der Waals surface area contributed by atoms with Crippen molar-refractivity contribution in [2.45, 2.75) is 20.2 Å². The number of benzene rings is 1. The van der Waals surface area contributed by atoms with Crippen molar-refractivity contribution in [2.24, 2.45) is 0 Å². The molecule has 0 bridgehead atoms. The maximum absolute atomic E-state index is 10.5. The van der Waals surface area contributed by atoms with Crippen molar-refractivity contribution < 1.29 is 14.2 Å². The molecule has 0 N–H and O–H groups in total. The van der Waals surface area contributed by atoms with Crippen LogP contribution in [0.3, 0.4) is 0 Å². The van der Waals surface area contributed by atoms with Gasteiger partial charge in [-0.25, -0.2) is 0 Å². The molecule has 0 fully saturated rings. The first-order valence-corrected chi connectivity index (χ1v) is 5.50. The van der Waals surface area contributed by atoms with E-state index in [0.717, 1.165) is 11.9 Å². The fourth-order valence-electron chi connectivity index (χ4n) is 1.36. The lowest BCUT2D eigenvalue weighted by atomic mass is 9.64. The molecular formula is C12H17BO3. The van der Waals surface area contributed by atoms with Gasteiger partial charge in [-0.2, -0.15) is 0 Å². The fourth-order valence-corrected chi connectivity index (χ4v) is 1.36. The highest BCUT2D eigenvalue weighted by Crippen LogP contribution is 1.93. The first-order valence-electron chi connectivity index (χ1n) is 5.50. The minimum atomic E-state index is -0.240. The smallest absolute Gasteiger partial charge is 0.323 e. The van der Waals surface area contributed by atoms with Gasteiger partial charge in [-0.1, -0.05) is 37.2 Å². The van der Waals surface area contributed by atoms with Crippen LogP contribution >= 0.6 is 0 Å². The molecule has 0 saturated carbocycles. The summed E-state index contributed by atoms with van der Waals surface area (Å²) in [6, 6.07) is 10.0. The lowest BCUT2D eigenvalue weighted by Gasteiger charge is -2.09. The third-order valence-corrected chi connectivity index (χ3v) is 2.23. The number of hydrogen-bond acceptors (Lipinski definition) is 3. The monoisotopic (exact) mass is 220 g/mol. The van der Waals surface area contributed by atoms with Crippen molar-refractivity contribution >= 4 is 18.3 Å². The van der Waals surface area contributed by atoms with Gasteiger partial charge in [0, 0.05) is 20.0 Å². The van der Waals surface area contributed by atoms with Gasteiger partial charge < -0.3 is 9.39 Å². The Morgan fingerprint density at radius 1 is 1.25 bits per heavy atom. The Kier molecular flexibility index (Phi) is 5.64. The summed E-state index contributed by atoms with van der Waals surface area (Å²) in [5, 5.41) is 0. The maximum Gasteiger partial charge on any atom is 0.323 e. The molecule has 4 heteroatoms. The minimum Gasteiger partial charge on any atom is -0.466 e. The van der Waals surface area contributed by atoms with Gasteiger partial charge in [0.1, 0.15) is 0 Å². The van der Waals surface area contributed by atoms with E-state index in [1.807, 2.05) is 37.2 Å². The topological polar surface area (TPSA) is 35.5 Å². The summed E-state index contributed by atoms with van der Waals surface area (Å²) in [5.74, 6) is -0.240. The van der Waals surface area contributed by atoms with Crippen molar-refractivity contribution in [3.8, 4) is 0 Å². The zero-order valence-corrected chi connectivity index (χ0v) is 9.81. The van der Waals surface area contributed by atoms with Gasteiger partial charge in [0.05, 0.1) is 6.61 Å².